The molecule has 1 rings (SSSR count). The maximum absolute atomic E-state index is 5.87. The summed E-state index contributed by atoms with van der Waals surface area (Å²) >= 11 is 0. The fourth-order valence-electron chi connectivity index (χ4n) is 1.66. The molecule has 1 aliphatic heterocycles. The maximum atomic E-state index is 5.87. The van der Waals surface area contributed by atoms with E-state index >= 15 is 0 Å². The lowest BCUT2D eigenvalue weighted by Gasteiger charge is -2.40. The Morgan fingerprint density at radius 2 is 2.33 bits per heavy atom. The average Bonchev–Trinajstić information content (AvgIpc) is 2.02. The first-order valence-electron chi connectivity index (χ1n) is 4.51. The predicted molar refractivity (Wildman–Crippen MR) is 48.0 cm³/mol. The van der Waals surface area contributed by atoms with Crippen molar-refractivity contribution in [3.05, 3.63) is 0 Å². The monoisotopic (exact) mass is 173 g/mol. The van der Waals surface area contributed by atoms with Gasteiger partial charge >= 0.3 is 0 Å². The molecule has 3 unspecified atom stereocenters. The number of hydrogen-bond acceptors (Lipinski definition) is 3. The molecule has 0 spiro atoms. The molecule has 1 fully saturated rings. The molecule has 0 saturated carbocycles. The molecule has 72 valence electrons. The van der Waals surface area contributed by atoms with E-state index in [4.69, 9.17) is 15.2 Å². The van der Waals surface area contributed by atoms with Crippen molar-refractivity contribution in [1.82, 2.24) is 0 Å². The summed E-state index contributed by atoms with van der Waals surface area (Å²) in [6.07, 6.45) is 1.97. The third kappa shape index (κ3) is 1.97. The summed E-state index contributed by atoms with van der Waals surface area (Å²) in [4.78, 5) is 0. The van der Waals surface area contributed by atoms with Crippen LogP contribution in [0, 0.1) is 0 Å². The standard InChI is InChI=1S/C9H19NO2/c1-7(11-3)9(2)6-8(10)4-5-12-9/h7-8H,4-6,10H2,1-3H3. The van der Waals surface area contributed by atoms with E-state index in [1.54, 1.807) is 7.11 Å². The van der Waals surface area contributed by atoms with Crippen LogP contribution in [-0.2, 0) is 9.47 Å². The van der Waals surface area contributed by atoms with Crippen LogP contribution in [0.1, 0.15) is 26.7 Å². The van der Waals surface area contributed by atoms with Crippen LogP contribution in [0.15, 0.2) is 0 Å². The largest absolute Gasteiger partial charge is 0.379 e. The van der Waals surface area contributed by atoms with Crippen LogP contribution in [0.3, 0.4) is 0 Å². The molecular weight excluding hydrogens is 154 g/mol. The van der Waals surface area contributed by atoms with Crippen LogP contribution in [0.25, 0.3) is 0 Å². The number of nitrogens with two attached hydrogens (primary N) is 1. The van der Waals surface area contributed by atoms with Gasteiger partial charge in [0.2, 0.25) is 0 Å². The van der Waals surface area contributed by atoms with Gasteiger partial charge in [-0.05, 0) is 26.7 Å². The predicted octanol–water partition coefficient (Wildman–Crippen LogP) is 0.918. The summed E-state index contributed by atoms with van der Waals surface area (Å²) in [5, 5.41) is 0. The molecule has 1 saturated heterocycles. The average molecular weight is 173 g/mol. The lowest BCUT2D eigenvalue weighted by molar-refractivity contribution is -0.144. The molecule has 1 aliphatic rings. The molecule has 3 heteroatoms. The summed E-state index contributed by atoms with van der Waals surface area (Å²) in [5.41, 5.74) is 5.68. The Hall–Kier alpha value is -0.120. The minimum Gasteiger partial charge on any atom is -0.379 e. The molecular formula is C9H19NO2. The van der Waals surface area contributed by atoms with Crippen LogP contribution >= 0.6 is 0 Å². The fourth-order valence-corrected chi connectivity index (χ4v) is 1.66. The van der Waals surface area contributed by atoms with Gasteiger partial charge in [0.1, 0.15) is 0 Å². The van der Waals surface area contributed by atoms with Crippen LogP contribution < -0.4 is 5.73 Å². The van der Waals surface area contributed by atoms with Crippen LogP contribution in [-0.4, -0.2) is 31.5 Å². The van der Waals surface area contributed by atoms with Crippen LogP contribution in [0.4, 0.5) is 0 Å². The Morgan fingerprint density at radius 1 is 1.67 bits per heavy atom. The van der Waals surface area contributed by atoms with E-state index in [-0.39, 0.29) is 17.7 Å². The van der Waals surface area contributed by atoms with Gasteiger partial charge in [0.25, 0.3) is 0 Å². The molecule has 3 atom stereocenters. The molecule has 0 aliphatic carbocycles. The fraction of sp³-hybridized carbons (Fsp3) is 1.00. The van der Waals surface area contributed by atoms with Crippen molar-refractivity contribution in [2.45, 2.75) is 44.4 Å². The van der Waals surface area contributed by atoms with E-state index in [0.717, 1.165) is 19.4 Å². The van der Waals surface area contributed by atoms with Gasteiger partial charge in [-0.2, -0.15) is 0 Å². The molecule has 0 amide bonds. The van der Waals surface area contributed by atoms with Gasteiger partial charge in [0, 0.05) is 19.8 Å². The zero-order valence-corrected chi connectivity index (χ0v) is 8.17. The molecule has 0 aromatic heterocycles. The normalized spacial score (nSPS) is 39.5. The third-order valence-corrected chi connectivity index (χ3v) is 2.80. The van der Waals surface area contributed by atoms with E-state index in [1.807, 2.05) is 6.92 Å². The van der Waals surface area contributed by atoms with Gasteiger partial charge in [-0.3, -0.25) is 0 Å². The molecule has 12 heavy (non-hydrogen) atoms. The van der Waals surface area contributed by atoms with Crippen LogP contribution in [0.2, 0.25) is 0 Å². The highest BCUT2D eigenvalue weighted by atomic mass is 16.5. The summed E-state index contributed by atoms with van der Waals surface area (Å²) in [6, 6.07) is 0.265. The third-order valence-electron chi connectivity index (χ3n) is 2.80. The second kappa shape index (κ2) is 3.73. The van der Waals surface area contributed by atoms with E-state index in [1.165, 1.54) is 0 Å². The van der Waals surface area contributed by atoms with Gasteiger partial charge in [-0.15, -0.1) is 0 Å². The molecule has 2 N–H and O–H groups in total. The van der Waals surface area contributed by atoms with Crippen molar-refractivity contribution in [2.24, 2.45) is 5.73 Å². The van der Waals surface area contributed by atoms with E-state index in [0.29, 0.717) is 0 Å². The summed E-state index contributed by atoms with van der Waals surface area (Å²) in [7, 11) is 1.71. The van der Waals surface area contributed by atoms with Crippen molar-refractivity contribution in [3.63, 3.8) is 0 Å². The molecule has 0 radical (unpaired) electrons. The van der Waals surface area contributed by atoms with Crippen molar-refractivity contribution >= 4 is 0 Å². The number of ether oxygens (including phenoxy) is 2. The quantitative estimate of drug-likeness (QED) is 0.675. The first-order valence-corrected chi connectivity index (χ1v) is 4.51. The maximum Gasteiger partial charge on any atom is 0.0926 e. The summed E-state index contributed by atoms with van der Waals surface area (Å²) in [6.45, 7) is 4.85. The van der Waals surface area contributed by atoms with Crippen molar-refractivity contribution < 1.29 is 9.47 Å². The Balaban J connectivity index is 2.56. The highest BCUT2D eigenvalue weighted by Gasteiger charge is 2.37. The van der Waals surface area contributed by atoms with Crippen molar-refractivity contribution in [1.29, 1.82) is 0 Å². The zero-order chi connectivity index (χ0) is 9.19. The second-order valence-electron chi connectivity index (χ2n) is 3.79. The molecule has 1 heterocycles. The Kier molecular flexibility index (Phi) is 3.09. The van der Waals surface area contributed by atoms with E-state index < -0.39 is 0 Å². The minimum absolute atomic E-state index is 0.115. The Bertz CT molecular complexity index is 151. The first kappa shape index (κ1) is 9.96. The molecule has 0 aromatic rings. The zero-order valence-electron chi connectivity index (χ0n) is 8.17. The van der Waals surface area contributed by atoms with Gasteiger partial charge in [-0.1, -0.05) is 0 Å². The lowest BCUT2D eigenvalue weighted by atomic mass is 9.88. The van der Waals surface area contributed by atoms with Gasteiger partial charge in [0.15, 0.2) is 0 Å². The lowest BCUT2D eigenvalue weighted by Crippen LogP contribution is -2.50. The minimum atomic E-state index is -0.188. The van der Waals surface area contributed by atoms with Crippen molar-refractivity contribution in [2.75, 3.05) is 13.7 Å². The van der Waals surface area contributed by atoms with Gasteiger partial charge in [-0.25, -0.2) is 0 Å². The SMILES string of the molecule is COC(C)C1(C)CC(N)CCO1. The van der Waals surface area contributed by atoms with Crippen molar-refractivity contribution in [3.8, 4) is 0 Å². The molecule has 0 aromatic carbocycles. The van der Waals surface area contributed by atoms with Gasteiger partial charge < -0.3 is 15.2 Å². The van der Waals surface area contributed by atoms with E-state index in [2.05, 4.69) is 6.92 Å². The topological polar surface area (TPSA) is 44.5 Å². The second-order valence-corrected chi connectivity index (χ2v) is 3.79. The Morgan fingerprint density at radius 3 is 2.83 bits per heavy atom. The highest BCUT2D eigenvalue weighted by Crippen LogP contribution is 2.28. The number of hydrogen-bond donors (Lipinski definition) is 1. The highest BCUT2D eigenvalue weighted by molar-refractivity contribution is 4.89. The molecule has 3 nitrogen and oxygen atoms in total. The molecule has 0 bridgehead atoms. The Labute approximate surface area is 74.2 Å². The smallest absolute Gasteiger partial charge is 0.0926 e. The van der Waals surface area contributed by atoms with Crippen LogP contribution in [0.5, 0.6) is 0 Å². The number of methoxy groups -OCH3 is 1. The number of rotatable bonds is 2. The summed E-state index contributed by atoms with van der Waals surface area (Å²) < 4.78 is 10.9. The van der Waals surface area contributed by atoms with E-state index in [9.17, 15) is 0 Å². The van der Waals surface area contributed by atoms with Gasteiger partial charge in [0.05, 0.1) is 11.7 Å². The summed E-state index contributed by atoms with van der Waals surface area (Å²) in [5.74, 6) is 0. The first-order chi connectivity index (χ1) is 5.58.